The van der Waals surface area contributed by atoms with Crippen molar-refractivity contribution in [2.75, 3.05) is 11.5 Å². The normalized spacial score (nSPS) is 23.3. The Morgan fingerprint density at radius 2 is 2.26 bits per heavy atom. The largest absolute Gasteiger partial charge is 0.375 e. The zero-order valence-corrected chi connectivity index (χ0v) is 13.1. The van der Waals surface area contributed by atoms with Gasteiger partial charge in [0.15, 0.2) is 5.13 Å². The van der Waals surface area contributed by atoms with Gasteiger partial charge in [-0.1, -0.05) is 31.1 Å². The first-order valence-electron chi connectivity index (χ1n) is 6.71. The highest BCUT2D eigenvalue weighted by Gasteiger charge is 2.22. The molecule has 0 radical (unpaired) electrons. The summed E-state index contributed by atoms with van der Waals surface area (Å²) in [5.41, 5.74) is 6.57. The molecule has 0 aromatic carbocycles. The van der Waals surface area contributed by atoms with E-state index in [2.05, 4.69) is 17.2 Å². The SMILES string of the molecule is Cc1nc(N)sc1SCC(=O)NC1CCCCC1C. The molecule has 106 valence electrons. The van der Waals surface area contributed by atoms with Gasteiger partial charge < -0.3 is 11.1 Å². The van der Waals surface area contributed by atoms with Crippen LogP contribution in [0.4, 0.5) is 5.13 Å². The Balaban J connectivity index is 1.79. The van der Waals surface area contributed by atoms with E-state index in [-0.39, 0.29) is 5.91 Å². The predicted molar refractivity (Wildman–Crippen MR) is 81.6 cm³/mol. The van der Waals surface area contributed by atoms with Crippen LogP contribution in [0.3, 0.4) is 0 Å². The molecule has 1 fully saturated rings. The number of amides is 1. The Bertz CT molecular complexity index is 447. The maximum absolute atomic E-state index is 12.0. The first kappa shape index (κ1) is 14.7. The Morgan fingerprint density at radius 1 is 1.53 bits per heavy atom. The lowest BCUT2D eigenvalue weighted by molar-refractivity contribution is -0.119. The zero-order chi connectivity index (χ0) is 13.8. The molecule has 0 saturated heterocycles. The van der Waals surface area contributed by atoms with E-state index in [9.17, 15) is 4.79 Å². The first-order chi connectivity index (χ1) is 9.06. The van der Waals surface area contributed by atoms with E-state index >= 15 is 0 Å². The highest BCUT2D eigenvalue weighted by molar-refractivity contribution is 8.01. The number of thioether (sulfide) groups is 1. The van der Waals surface area contributed by atoms with E-state index < -0.39 is 0 Å². The average Bonchev–Trinajstić information content (AvgIpc) is 2.68. The molecule has 0 bridgehead atoms. The second-order valence-corrected chi connectivity index (χ2v) is 7.42. The van der Waals surface area contributed by atoms with Crippen molar-refractivity contribution < 1.29 is 4.79 Å². The van der Waals surface area contributed by atoms with Crippen LogP contribution in [0.1, 0.15) is 38.3 Å². The minimum absolute atomic E-state index is 0.120. The summed E-state index contributed by atoms with van der Waals surface area (Å²) in [6.45, 7) is 4.15. The van der Waals surface area contributed by atoms with Crippen molar-refractivity contribution in [2.45, 2.75) is 49.8 Å². The Morgan fingerprint density at radius 3 is 2.89 bits per heavy atom. The molecule has 2 atom stereocenters. The molecule has 3 N–H and O–H groups in total. The third-order valence-electron chi connectivity index (χ3n) is 3.56. The monoisotopic (exact) mass is 299 g/mol. The number of aromatic nitrogens is 1. The summed E-state index contributed by atoms with van der Waals surface area (Å²) in [7, 11) is 0. The van der Waals surface area contributed by atoms with Crippen LogP contribution in [0, 0.1) is 12.8 Å². The maximum Gasteiger partial charge on any atom is 0.230 e. The van der Waals surface area contributed by atoms with Gasteiger partial charge in [-0.15, -0.1) is 11.8 Å². The van der Waals surface area contributed by atoms with E-state index in [0.29, 0.717) is 22.8 Å². The Hall–Kier alpha value is -0.750. The molecular weight excluding hydrogens is 278 g/mol. The summed E-state index contributed by atoms with van der Waals surface area (Å²) in [6.07, 6.45) is 4.86. The molecule has 1 heterocycles. The second-order valence-electron chi connectivity index (χ2n) is 5.15. The summed E-state index contributed by atoms with van der Waals surface area (Å²) in [6, 6.07) is 0.356. The number of nitrogen functional groups attached to an aromatic ring is 1. The van der Waals surface area contributed by atoms with Gasteiger partial charge in [-0.25, -0.2) is 4.98 Å². The van der Waals surface area contributed by atoms with Crippen LogP contribution in [0.2, 0.25) is 0 Å². The van der Waals surface area contributed by atoms with Crippen molar-refractivity contribution >= 4 is 34.1 Å². The fraction of sp³-hybridized carbons (Fsp3) is 0.692. The lowest BCUT2D eigenvalue weighted by Gasteiger charge is -2.29. The van der Waals surface area contributed by atoms with Crippen molar-refractivity contribution in [3.63, 3.8) is 0 Å². The quantitative estimate of drug-likeness (QED) is 0.839. The van der Waals surface area contributed by atoms with Gasteiger partial charge in [0, 0.05) is 6.04 Å². The second kappa shape index (κ2) is 6.61. The molecular formula is C13H21N3OS2. The molecule has 1 saturated carbocycles. The van der Waals surface area contributed by atoms with Crippen molar-refractivity contribution in [3.05, 3.63) is 5.69 Å². The van der Waals surface area contributed by atoms with Gasteiger partial charge >= 0.3 is 0 Å². The van der Waals surface area contributed by atoms with E-state index in [4.69, 9.17) is 5.73 Å². The van der Waals surface area contributed by atoms with E-state index in [1.807, 2.05) is 6.92 Å². The van der Waals surface area contributed by atoms with E-state index in [1.165, 1.54) is 42.4 Å². The number of thiazole rings is 1. The number of rotatable bonds is 4. The Kier molecular flexibility index (Phi) is 5.10. The summed E-state index contributed by atoms with van der Waals surface area (Å²) in [4.78, 5) is 16.1. The smallest absolute Gasteiger partial charge is 0.230 e. The van der Waals surface area contributed by atoms with Gasteiger partial charge in [0.05, 0.1) is 15.7 Å². The number of aryl methyl sites for hydroxylation is 1. The van der Waals surface area contributed by atoms with Crippen LogP contribution in [-0.4, -0.2) is 22.7 Å². The molecule has 19 heavy (non-hydrogen) atoms. The minimum atomic E-state index is 0.120. The van der Waals surface area contributed by atoms with Crippen LogP contribution < -0.4 is 11.1 Å². The number of anilines is 1. The number of nitrogens with two attached hydrogens (primary N) is 1. The third kappa shape index (κ3) is 4.11. The molecule has 2 unspecified atom stereocenters. The van der Waals surface area contributed by atoms with Crippen LogP contribution in [0.25, 0.3) is 0 Å². The van der Waals surface area contributed by atoms with Crippen LogP contribution in [-0.2, 0) is 4.79 Å². The predicted octanol–water partition coefficient (Wildman–Crippen LogP) is 2.82. The van der Waals surface area contributed by atoms with Crippen molar-refractivity contribution in [2.24, 2.45) is 5.92 Å². The van der Waals surface area contributed by atoms with Crippen LogP contribution in [0.15, 0.2) is 4.21 Å². The number of hydrogen-bond donors (Lipinski definition) is 2. The van der Waals surface area contributed by atoms with Gasteiger partial charge in [-0.05, 0) is 25.7 Å². The summed E-state index contributed by atoms with van der Waals surface area (Å²) < 4.78 is 1.05. The van der Waals surface area contributed by atoms with Crippen LogP contribution in [0.5, 0.6) is 0 Å². The summed E-state index contributed by atoms with van der Waals surface area (Å²) in [5, 5.41) is 3.73. The van der Waals surface area contributed by atoms with Crippen molar-refractivity contribution in [1.29, 1.82) is 0 Å². The van der Waals surface area contributed by atoms with Gasteiger partial charge in [0.25, 0.3) is 0 Å². The molecule has 4 nitrogen and oxygen atoms in total. The Labute approximate surface area is 122 Å². The van der Waals surface area contributed by atoms with Gasteiger partial charge in [0.2, 0.25) is 5.91 Å². The average molecular weight is 299 g/mol. The fourth-order valence-corrected chi connectivity index (χ4v) is 4.28. The van der Waals surface area contributed by atoms with Gasteiger partial charge in [-0.3, -0.25) is 4.79 Å². The molecule has 2 rings (SSSR count). The zero-order valence-electron chi connectivity index (χ0n) is 11.4. The molecule has 1 aliphatic carbocycles. The molecule has 1 aliphatic rings. The van der Waals surface area contributed by atoms with Crippen LogP contribution >= 0.6 is 23.1 Å². The molecule has 6 heteroatoms. The number of carbonyl (C=O) groups is 1. The maximum atomic E-state index is 12.0. The van der Waals surface area contributed by atoms with E-state index in [1.54, 1.807) is 0 Å². The molecule has 0 aliphatic heterocycles. The van der Waals surface area contributed by atoms with Crippen molar-refractivity contribution in [1.82, 2.24) is 10.3 Å². The minimum Gasteiger partial charge on any atom is -0.375 e. The highest BCUT2D eigenvalue weighted by Crippen LogP contribution is 2.30. The summed E-state index contributed by atoms with van der Waals surface area (Å²) >= 11 is 2.98. The molecule has 1 aromatic rings. The number of carbonyl (C=O) groups excluding carboxylic acids is 1. The number of nitrogens with one attached hydrogen (secondary N) is 1. The number of nitrogens with zero attached hydrogens (tertiary/aromatic N) is 1. The first-order valence-corrected chi connectivity index (χ1v) is 8.51. The highest BCUT2D eigenvalue weighted by atomic mass is 32.2. The lowest BCUT2D eigenvalue weighted by atomic mass is 9.86. The van der Waals surface area contributed by atoms with Gasteiger partial charge in [-0.2, -0.15) is 0 Å². The topological polar surface area (TPSA) is 68.0 Å². The molecule has 0 spiro atoms. The van der Waals surface area contributed by atoms with Crippen molar-refractivity contribution in [3.8, 4) is 0 Å². The third-order valence-corrected chi connectivity index (χ3v) is 5.91. The standard InChI is InChI=1S/C13H21N3OS2/c1-8-5-3-4-6-10(8)16-11(17)7-18-12-9(2)15-13(14)19-12/h8,10H,3-7H2,1-2H3,(H2,14,15)(H,16,17). The number of hydrogen-bond acceptors (Lipinski definition) is 5. The fourth-order valence-electron chi connectivity index (χ4n) is 2.45. The lowest BCUT2D eigenvalue weighted by Crippen LogP contribution is -2.41. The molecule has 1 aromatic heterocycles. The summed E-state index contributed by atoms with van der Waals surface area (Å²) in [5.74, 6) is 1.17. The van der Waals surface area contributed by atoms with E-state index in [0.717, 1.165) is 16.3 Å². The molecule has 1 amide bonds. The van der Waals surface area contributed by atoms with Gasteiger partial charge in [0.1, 0.15) is 0 Å².